The normalized spacial score (nSPS) is 15.1. The van der Waals surface area contributed by atoms with E-state index in [4.69, 9.17) is 16.3 Å². The lowest BCUT2D eigenvalue weighted by molar-refractivity contribution is -0.122. The fourth-order valence-electron chi connectivity index (χ4n) is 3.10. The first-order chi connectivity index (χ1) is 15.4. The second kappa shape index (κ2) is 8.95. The number of halogens is 1. The zero-order chi connectivity index (χ0) is 22.7. The fourth-order valence-corrected chi connectivity index (χ4v) is 3.29. The number of imide groups is 2. The van der Waals surface area contributed by atoms with Crippen molar-refractivity contribution < 1.29 is 24.2 Å². The van der Waals surface area contributed by atoms with E-state index in [0.717, 1.165) is 10.5 Å². The van der Waals surface area contributed by atoms with Crippen LogP contribution in [0.25, 0.3) is 6.08 Å². The second-order valence-corrected chi connectivity index (χ2v) is 7.33. The molecule has 1 fully saturated rings. The number of nitrogens with zero attached hydrogens (tertiary/aromatic N) is 1. The van der Waals surface area contributed by atoms with Crippen molar-refractivity contribution in [3.05, 3.63) is 94.5 Å². The van der Waals surface area contributed by atoms with Crippen molar-refractivity contribution in [2.45, 2.75) is 6.61 Å². The highest BCUT2D eigenvalue weighted by Crippen LogP contribution is 2.25. The molecule has 0 aliphatic carbocycles. The SMILES string of the molecule is O=C1NC(=O)N(c2ccc(O)cc2)C(=O)C1=Cc1ccc(OCc2ccccc2Cl)cc1. The minimum atomic E-state index is -0.855. The van der Waals surface area contributed by atoms with Crippen LogP contribution >= 0.6 is 11.6 Å². The Labute approximate surface area is 188 Å². The predicted octanol–water partition coefficient (Wildman–Crippen LogP) is 4.29. The number of aromatic hydroxyl groups is 1. The summed E-state index contributed by atoms with van der Waals surface area (Å²) < 4.78 is 5.73. The number of carbonyl (C=O) groups is 3. The molecule has 160 valence electrons. The largest absolute Gasteiger partial charge is 0.508 e. The van der Waals surface area contributed by atoms with E-state index in [1.807, 2.05) is 18.2 Å². The molecule has 1 heterocycles. The first-order valence-electron chi connectivity index (χ1n) is 9.59. The molecule has 7 nitrogen and oxygen atoms in total. The molecule has 0 aromatic heterocycles. The van der Waals surface area contributed by atoms with Crippen LogP contribution in [0.1, 0.15) is 11.1 Å². The predicted molar refractivity (Wildman–Crippen MR) is 119 cm³/mol. The molecule has 4 amide bonds. The molecule has 0 atom stereocenters. The summed E-state index contributed by atoms with van der Waals surface area (Å²) in [5.41, 5.74) is 1.46. The van der Waals surface area contributed by atoms with Crippen molar-refractivity contribution in [3.8, 4) is 11.5 Å². The minimum absolute atomic E-state index is 0.0118. The minimum Gasteiger partial charge on any atom is -0.508 e. The van der Waals surface area contributed by atoms with Gasteiger partial charge in [0.25, 0.3) is 11.8 Å². The van der Waals surface area contributed by atoms with Gasteiger partial charge in [-0.3, -0.25) is 14.9 Å². The molecule has 2 N–H and O–H groups in total. The van der Waals surface area contributed by atoms with Gasteiger partial charge in [-0.05, 0) is 54.1 Å². The van der Waals surface area contributed by atoms with Crippen LogP contribution in [0.3, 0.4) is 0 Å². The van der Waals surface area contributed by atoms with Crippen LogP contribution in [0.2, 0.25) is 5.02 Å². The summed E-state index contributed by atoms with van der Waals surface area (Å²) in [6, 6.07) is 18.8. The number of barbiturate groups is 1. The highest BCUT2D eigenvalue weighted by molar-refractivity contribution is 6.39. The number of amides is 4. The van der Waals surface area contributed by atoms with Crippen molar-refractivity contribution in [3.63, 3.8) is 0 Å². The van der Waals surface area contributed by atoms with Gasteiger partial charge < -0.3 is 9.84 Å². The standard InChI is InChI=1S/C24H17ClN2O5/c25-21-4-2-1-3-16(21)14-32-19-11-5-15(6-12-19)13-20-22(29)26-24(31)27(23(20)30)17-7-9-18(28)10-8-17/h1-13,28H,14H2,(H,26,29,31). The van der Waals surface area contributed by atoms with Gasteiger partial charge in [-0.1, -0.05) is 41.9 Å². The van der Waals surface area contributed by atoms with Crippen LogP contribution in [0.15, 0.2) is 78.4 Å². The average Bonchev–Trinajstić information content (AvgIpc) is 2.78. The second-order valence-electron chi connectivity index (χ2n) is 6.92. The summed E-state index contributed by atoms with van der Waals surface area (Å²) in [4.78, 5) is 38.2. The number of urea groups is 1. The number of rotatable bonds is 5. The lowest BCUT2D eigenvalue weighted by Gasteiger charge is -2.26. The first kappa shape index (κ1) is 21.1. The number of hydrogen-bond donors (Lipinski definition) is 2. The number of anilines is 1. The summed E-state index contributed by atoms with van der Waals surface area (Å²) in [6.45, 7) is 0.296. The van der Waals surface area contributed by atoms with E-state index in [-0.39, 0.29) is 17.0 Å². The molecule has 1 aliphatic heterocycles. The van der Waals surface area contributed by atoms with Gasteiger partial charge in [0.1, 0.15) is 23.7 Å². The number of hydrogen-bond acceptors (Lipinski definition) is 5. The Morgan fingerprint density at radius 1 is 0.938 bits per heavy atom. The van der Waals surface area contributed by atoms with Gasteiger partial charge in [0, 0.05) is 10.6 Å². The molecule has 8 heteroatoms. The van der Waals surface area contributed by atoms with Gasteiger partial charge in [-0.2, -0.15) is 0 Å². The molecule has 1 saturated heterocycles. The number of nitrogens with one attached hydrogen (secondary N) is 1. The summed E-state index contributed by atoms with van der Waals surface area (Å²) in [5.74, 6) is -0.966. The molecule has 32 heavy (non-hydrogen) atoms. The van der Waals surface area contributed by atoms with Crippen LogP contribution in [-0.4, -0.2) is 23.0 Å². The molecule has 1 aliphatic rings. The third kappa shape index (κ3) is 4.48. The van der Waals surface area contributed by atoms with Crippen molar-refractivity contribution in [1.29, 1.82) is 0 Å². The zero-order valence-corrected chi connectivity index (χ0v) is 17.4. The molecule has 0 bridgehead atoms. The molecule has 0 saturated carbocycles. The Hall–Kier alpha value is -4.10. The molecule has 4 rings (SSSR count). The van der Waals surface area contributed by atoms with Crippen LogP contribution < -0.4 is 15.0 Å². The molecular weight excluding hydrogens is 432 g/mol. The Kier molecular flexibility index (Phi) is 5.91. The van der Waals surface area contributed by atoms with E-state index in [2.05, 4.69) is 5.32 Å². The summed E-state index contributed by atoms with van der Waals surface area (Å²) in [5, 5.41) is 12.2. The smallest absolute Gasteiger partial charge is 0.335 e. The van der Waals surface area contributed by atoms with Gasteiger partial charge in [0.15, 0.2) is 0 Å². The molecule has 3 aromatic rings. The van der Waals surface area contributed by atoms with Crippen LogP contribution in [-0.2, 0) is 16.2 Å². The third-order valence-electron chi connectivity index (χ3n) is 4.75. The van der Waals surface area contributed by atoms with Crippen LogP contribution in [0.4, 0.5) is 10.5 Å². The maximum Gasteiger partial charge on any atom is 0.335 e. The maximum atomic E-state index is 12.9. The Bertz CT molecular complexity index is 1220. The fraction of sp³-hybridized carbons (Fsp3) is 0.0417. The van der Waals surface area contributed by atoms with Gasteiger partial charge in [0.05, 0.1) is 5.69 Å². The van der Waals surface area contributed by atoms with Crippen molar-refractivity contribution >= 4 is 41.2 Å². The first-order valence-corrected chi connectivity index (χ1v) is 9.97. The number of ether oxygens (including phenoxy) is 1. The van der Waals surface area contributed by atoms with Gasteiger partial charge >= 0.3 is 6.03 Å². The molecule has 0 spiro atoms. The monoisotopic (exact) mass is 448 g/mol. The van der Waals surface area contributed by atoms with Gasteiger partial charge in [0.2, 0.25) is 0 Å². The number of phenols is 1. The molecule has 0 unspecified atom stereocenters. The van der Waals surface area contributed by atoms with Gasteiger partial charge in [-0.15, -0.1) is 0 Å². The highest BCUT2D eigenvalue weighted by Gasteiger charge is 2.36. The molecule has 3 aromatic carbocycles. The molecule has 0 radical (unpaired) electrons. The van der Waals surface area contributed by atoms with Crippen LogP contribution in [0.5, 0.6) is 11.5 Å². The van der Waals surface area contributed by atoms with Gasteiger partial charge in [-0.25, -0.2) is 9.69 Å². The summed E-state index contributed by atoms with van der Waals surface area (Å²) >= 11 is 6.13. The lowest BCUT2D eigenvalue weighted by Crippen LogP contribution is -2.54. The number of benzene rings is 3. The van der Waals surface area contributed by atoms with Crippen molar-refractivity contribution in [2.24, 2.45) is 0 Å². The summed E-state index contributed by atoms with van der Waals surface area (Å²) in [7, 11) is 0. The average molecular weight is 449 g/mol. The maximum absolute atomic E-state index is 12.9. The van der Waals surface area contributed by atoms with E-state index in [9.17, 15) is 19.5 Å². The van der Waals surface area contributed by atoms with E-state index in [0.29, 0.717) is 22.9 Å². The lowest BCUT2D eigenvalue weighted by atomic mass is 10.1. The zero-order valence-electron chi connectivity index (χ0n) is 16.6. The Morgan fingerprint density at radius 3 is 2.31 bits per heavy atom. The summed E-state index contributed by atoms with van der Waals surface area (Å²) in [6.07, 6.45) is 1.40. The van der Waals surface area contributed by atoms with Crippen molar-refractivity contribution in [2.75, 3.05) is 4.90 Å². The third-order valence-corrected chi connectivity index (χ3v) is 5.12. The quantitative estimate of drug-likeness (QED) is 0.448. The highest BCUT2D eigenvalue weighted by atomic mass is 35.5. The van der Waals surface area contributed by atoms with E-state index in [1.165, 1.54) is 30.3 Å². The van der Waals surface area contributed by atoms with E-state index < -0.39 is 17.8 Å². The van der Waals surface area contributed by atoms with Crippen molar-refractivity contribution in [1.82, 2.24) is 5.32 Å². The van der Waals surface area contributed by atoms with E-state index >= 15 is 0 Å². The Morgan fingerprint density at radius 2 is 1.62 bits per heavy atom. The Balaban J connectivity index is 1.52. The van der Waals surface area contributed by atoms with E-state index in [1.54, 1.807) is 30.3 Å². The number of phenolic OH excluding ortho intramolecular Hbond substituents is 1. The molecular formula is C24H17ClN2O5. The number of carbonyl (C=O) groups excluding carboxylic acids is 3. The van der Waals surface area contributed by atoms with Crippen LogP contribution in [0, 0.1) is 0 Å². The topological polar surface area (TPSA) is 95.9 Å².